The Morgan fingerprint density at radius 3 is 1.50 bits per heavy atom. The lowest BCUT2D eigenvalue weighted by Crippen LogP contribution is -1.91. The van der Waals surface area contributed by atoms with E-state index < -0.39 is 23.9 Å². The van der Waals surface area contributed by atoms with E-state index >= 15 is 0 Å². The third-order valence-corrected chi connectivity index (χ3v) is 2.31. The number of aliphatic carboxylic acids is 4. The van der Waals surface area contributed by atoms with Gasteiger partial charge in [0.05, 0.1) is 0 Å². The van der Waals surface area contributed by atoms with Gasteiger partial charge in [0.25, 0.3) is 0 Å². The second-order valence-electron chi connectivity index (χ2n) is 4.24. The Balaban J connectivity index is 0.000000366. The molecule has 2 aromatic rings. The number of hydrogen-bond donors (Lipinski definition) is 6. The number of fused-ring (bicyclic) bond motifs is 1. The van der Waals surface area contributed by atoms with Crippen LogP contribution in [0.5, 0.6) is 5.75 Å². The van der Waals surface area contributed by atoms with E-state index in [1.807, 2.05) is 24.4 Å². The number of benzene rings is 1. The summed E-state index contributed by atoms with van der Waals surface area (Å²) in [4.78, 5) is 41.2. The van der Waals surface area contributed by atoms with Crippen molar-refractivity contribution < 1.29 is 44.7 Å². The maximum atomic E-state index is 9.55. The fourth-order valence-corrected chi connectivity index (χ4v) is 1.35. The van der Waals surface area contributed by atoms with Crippen LogP contribution in [-0.2, 0) is 19.2 Å². The van der Waals surface area contributed by atoms with Gasteiger partial charge in [-0.15, -0.1) is 0 Å². The van der Waals surface area contributed by atoms with Crippen molar-refractivity contribution in [3.05, 3.63) is 54.8 Å². The molecular formula is C16H15NO9. The predicted octanol–water partition coefficient (Wildman–Crippen LogP) is 1.30. The van der Waals surface area contributed by atoms with Gasteiger partial charge in [-0.1, -0.05) is 6.07 Å². The van der Waals surface area contributed by atoms with Gasteiger partial charge in [0, 0.05) is 41.4 Å². The molecule has 0 radical (unpaired) electrons. The monoisotopic (exact) mass is 365 g/mol. The van der Waals surface area contributed by atoms with Crippen LogP contribution < -0.4 is 0 Å². The van der Waals surface area contributed by atoms with Crippen LogP contribution >= 0.6 is 0 Å². The number of aromatic amines is 1. The number of phenolic OH excluding ortho intramolecular Hbond substituents is 1. The van der Waals surface area contributed by atoms with Crippen molar-refractivity contribution in [3.8, 4) is 5.75 Å². The van der Waals surface area contributed by atoms with Crippen molar-refractivity contribution >= 4 is 34.8 Å². The summed E-state index contributed by atoms with van der Waals surface area (Å²) < 4.78 is 0. The van der Waals surface area contributed by atoms with Crippen LogP contribution in [0.1, 0.15) is 0 Å². The number of rotatable bonds is 4. The molecule has 0 amide bonds. The summed E-state index contributed by atoms with van der Waals surface area (Å²) in [5.74, 6) is -4.70. The van der Waals surface area contributed by atoms with E-state index in [1.54, 1.807) is 6.07 Å². The van der Waals surface area contributed by atoms with Gasteiger partial charge in [-0.2, -0.15) is 0 Å². The molecule has 10 heteroatoms. The summed E-state index contributed by atoms with van der Waals surface area (Å²) >= 11 is 0. The van der Waals surface area contributed by atoms with Gasteiger partial charge in [0.15, 0.2) is 0 Å². The summed E-state index contributed by atoms with van der Waals surface area (Å²) in [5.41, 5.74) is 0.972. The smallest absolute Gasteiger partial charge is 0.328 e. The van der Waals surface area contributed by atoms with E-state index in [1.165, 1.54) is 0 Å². The normalized spacial score (nSPS) is 9.85. The number of carboxylic acids is 4. The zero-order chi connectivity index (χ0) is 20.1. The predicted molar refractivity (Wildman–Crippen MR) is 88.8 cm³/mol. The zero-order valence-electron chi connectivity index (χ0n) is 13.1. The Morgan fingerprint density at radius 2 is 1.15 bits per heavy atom. The molecular weight excluding hydrogens is 350 g/mol. The molecule has 1 aromatic carbocycles. The van der Waals surface area contributed by atoms with Gasteiger partial charge in [-0.25, -0.2) is 19.2 Å². The number of carboxylic acid groups (broad SMARTS) is 4. The summed E-state index contributed by atoms with van der Waals surface area (Å²) in [6.45, 7) is 0. The van der Waals surface area contributed by atoms with E-state index in [0.29, 0.717) is 30.1 Å². The first-order chi connectivity index (χ1) is 12.1. The average molecular weight is 365 g/mol. The lowest BCUT2D eigenvalue weighted by atomic mass is 10.2. The Morgan fingerprint density at radius 1 is 0.731 bits per heavy atom. The van der Waals surface area contributed by atoms with E-state index in [2.05, 4.69) is 4.98 Å². The maximum Gasteiger partial charge on any atom is 0.328 e. The molecule has 0 saturated heterocycles. The molecule has 0 atom stereocenters. The molecule has 10 nitrogen and oxygen atoms in total. The Kier molecular flexibility index (Phi) is 9.66. The Labute approximate surface area is 145 Å². The van der Waals surface area contributed by atoms with Gasteiger partial charge in [0.1, 0.15) is 5.75 Å². The highest BCUT2D eigenvalue weighted by molar-refractivity contribution is 5.90. The summed E-state index contributed by atoms with van der Waals surface area (Å²) in [7, 11) is 0. The third kappa shape index (κ3) is 10.6. The van der Waals surface area contributed by atoms with E-state index in [0.717, 1.165) is 10.9 Å². The molecule has 0 aliphatic rings. The lowest BCUT2D eigenvalue weighted by molar-refractivity contribution is -0.134. The summed E-state index contributed by atoms with van der Waals surface area (Å²) in [6.07, 6.45) is 4.04. The molecule has 1 aromatic heterocycles. The number of nitrogens with one attached hydrogen (secondary N) is 1. The first-order valence-corrected chi connectivity index (χ1v) is 6.66. The number of aromatic nitrogens is 1. The van der Waals surface area contributed by atoms with Crippen molar-refractivity contribution in [2.75, 3.05) is 0 Å². The topological polar surface area (TPSA) is 185 Å². The summed E-state index contributed by atoms with van der Waals surface area (Å²) in [6, 6.07) is 7.27. The van der Waals surface area contributed by atoms with Gasteiger partial charge in [-0.05, 0) is 18.2 Å². The quantitative estimate of drug-likeness (QED) is 0.434. The number of carbonyl (C=O) groups is 4. The average Bonchev–Trinajstić information content (AvgIpc) is 3.02. The second-order valence-corrected chi connectivity index (χ2v) is 4.24. The Bertz CT molecular complexity index is 767. The zero-order valence-corrected chi connectivity index (χ0v) is 13.1. The maximum absolute atomic E-state index is 9.55. The van der Waals surface area contributed by atoms with Crippen LogP contribution in [-0.4, -0.2) is 54.4 Å². The minimum atomic E-state index is -1.26. The first-order valence-electron chi connectivity index (χ1n) is 6.66. The van der Waals surface area contributed by atoms with Crippen molar-refractivity contribution in [2.24, 2.45) is 0 Å². The first kappa shape index (κ1) is 21.9. The fraction of sp³-hybridized carbons (Fsp3) is 0. The van der Waals surface area contributed by atoms with Crippen LogP contribution in [0.15, 0.2) is 54.8 Å². The highest BCUT2D eigenvalue weighted by Crippen LogP contribution is 2.22. The van der Waals surface area contributed by atoms with E-state index in [9.17, 15) is 24.3 Å². The van der Waals surface area contributed by atoms with Crippen LogP contribution in [0.25, 0.3) is 10.9 Å². The molecule has 26 heavy (non-hydrogen) atoms. The molecule has 0 spiro atoms. The van der Waals surface area contributed by atoms with Gasteiger partial charge in [-0.3, -0.25) is 0 Å². The highest BCUT2D eigenvalue weighted by Gasteiger charge is 1.96. The van der Waals surface area contributed by atoms with E-state index in [-0.39, 0.29) is 0 Å². The minimum absolute atomic E-state index is 0.332. The highest BCUT2D eigenvalue weighted by atomic mass is 16.4. The van der Waals surface area contributed by atoms with Crippen molar-refractivity contribution in [2.45, 2.75) is 0 Å². The number of aromatic hydroxyl groups is 1. The van der Waals surface area contributed by atoms with E-state index in [4.69, 9.17) is 20.4 Å². The molecule has 0 aliphatic carbocycles. The van der Waals surface area contributed by atoms with Crippen molar-refractivity contribution in [3.63, 3.8) is 0 Å². The molecule has 0 aliphatic heterocycles. The Hall–Kier alpha value is -4.08. The number of H-pyrrole nitrogens is 1. The summed E-state index contributed by atoms with van der Waals surface area (Å²) in [5, 5.41) is 41.4. The molecule has 138 valence electrons. The molecule has 2 rings (SSSR count). The van der Waals surface area contributed by atoms with Gasteiger partial charge >= 0.3 is 23.9 Å². The third-order valence-electron chi connectivity index (χ3n) is 2.31. The number of phenols is 1. The SMILES string of the molecule is O=C(O)/C=C/C(=O)O.O=C(O)/C=C/C(=O)O.Oc1cccc2[nH]ccc12. The number of hydrogen-bond acceptors (Lipinski definition) is 5. The van der Waals surface area contributed by atoms with Gasteiger partial charge in [0.2, 0.25) is 0 Å². The fourth-order valence-electron chi connectivity index (χ4n) is 1.35. The standard InChI is InChI=1S/C8H7NO.2C4H4O4/c10-8-3-1-2-7-6(8)4-5-9-7;2*5-3(6)1-2-4(7)8/h1-5,9-10H;2*1-2H,(H,5,6)(H,7,8)/b;2*2-1+. The minimum Gasteiger partial charge on any atom is -0.507 e. The molecule has 6 N–H and O–H groups in total. The van der Waals surface area contributed by atoms with Crippen molar-refractivity contribution in [1.82, 2.24) is 4.98 Å². The van der Waals surface area contributed by atoms with Crippen LogP contribution in [0.4, 0.5) is 0 Å². The largest absolute Gasteiger partial charge is 0.507 e. The second kappa shape index (κ2) is 11.5. The van der Waals surface area contributed by atoms with Crippen molar-refractivity contribution in [1.29, 1.82) is 0 Å². The van der Waals surface area contributed by atoms with Crippen LogP contribution in [0.2, 0.25) is 0 Å². The van der Waals surface area contributed by atoms with Crippen LogP contribution in [0, 0.1) is 0 Å². The molecule has 0 saturated carbocycles. The molecule has 0 fully saturated rings. The van der Waals surface area contributed by atoms with Crippen LogP contribution in [0.3, 0.4) is 0 Å². The lowest BCUT2D eigenvalue weighted by Gasteiger charge is -1.91. The molecule has 0 bridgehead atoms. The van der Waals surface area contributed by atoms with Gasteiger partial charge < -0.3 is 30.5 Å². The molecule has 0 unspecified atom stereocenters. The molecule has 1 heterocycles.